The fraction of sp³-hybridized carbons (Fsp3) is 1.00. The van der Waals surface area contributed by atoms with Crippen molar-refractivity contribution in [1.29, 1.82) is 0 Å². The summed E-state index contributed by atoms with van der Waals surface area (Å²) in [5.74, 6) is 3.82. The summed E-state index contributed by atoms with van der Waals surface area (Å²) in [6.07, 6.45) is 1.19. The first-order valence-electron chi connectivity index (χ1n) is 6.23. The number of hydrogen-bond donors (Lipinski definition) is 2. The average Bonchev–Trinajstić information content (AvgIpc) is 2.53. The van der Waals surface area contributed by atoms with Gasteiger partial charge in [0.2, 0.25) is 0 Å². The maximum atomic E-state index is 10.9. The molecule has 4 saturated heterocycles. The SMILES string of the molecule is O=S1CC2(CNC2)C1.O=S1CCC2(CNC2)C1. The van der Waals surface area contributed by atoms with Crippen molar-refractivity contribution < 1.29 is 8.42 Å². The molecule has 1 atom stereocenters. The van der Waals surface area contributed by atoms with E-state index in [9.17, 15) is 8.42 Å². The van der Waals surface area contributed by atoms with Gasteiger partial charge < -0.3 is 10.6 Å². The van der Waals surface area contributed by atoms with Crippen LogP contribution in [-0.4, -0.2) is 57.6 Å². The number of nitrogens with one attached hydrogen (secondary N) is 2. The maximum absolute atomic E-state index is 10.9. The van der Waals surface area contributed by atoms with E-state index < -0.39 is 21.6 Å². The Hall–Kier alpha value is 0.220. The molecular formula is C11H20N2O2S2. The second kappa shape index (κ2) is 4.40. The van der Waals surface area contributed by atoms with Crippen LogP contribution in [0.4, 0.5) is 0 Å². The molecule has 4 fully saturated rings. The highest BCUT2D eigenvalue weighted by molar-refractivity contribution is 7.86. The van der Waals surface area contributed by atoms with Crippen LogP contribution in [0.2, 0.25) is 0 Å². The highest BCUT2D eigenvalue weighted by atomic mass is 32.2. The zero-order chi connectivity index (χ0) is 11.9. The summed E-state index contributed by atoms with van der Waals surface area (Å²) >= 11 is 0. The fourth-order valence-corrected chi connectivity index (χ4v) is 6.42. The Balaban J connectivity index is 0.000000107. The molecule has 4 nitrogen and oxygen atoms in total. The van der Waals surface area contributed by atoms with Gasteiger partial charge in [-0.05, 0) is 6.42 Å². The van der Waals surface area contributed by atoms with Gasteiger partial charge in [0.25, 0.3) is 0 Å². The van der Waals surface area contributed by atoms with Crippen LogP contribution < -0.4 is 10.6 Å². The van der Waals surface area contributed by atoms with Gasteiger partial charge in [-0.1, -0.05) is 0 Å². The lowest BCUT2D eigenvalue weighted by molar-refractivity contribution is 0.206. The van der Waals surface area contributed by atoms with E-state index in [4.69, 9.17) is 0 Å². The standard InChI is InChI=1S/C6H11NOS.C5H9NOS/c8-9-2-1-6(5-9)3-7-4-6;7-8-3-5(4-8)1-6-2-5/h7H,1-5H2;6H,1-4H2. The van der Waals surface area contributed by atoms with E-state index in [0.717, 1.165) is 49.2 Å². The van der Waals surface area contributed by atoms with Gasteiger partial charge >= 0.3 is 0 Å². The molecule has 6 heteroatoms. The molecule has 0 aromatic rings. The fourth-order valence-electron chi connectivity index (χ4n) is 2.90. The molecule has 0 amide bonds. The molecule has 4 aliphatic rings. The largest absolute Gasteiger partial charge is 0.315 e. The van der Waals surface area contributed by atoms with Crippen LogP contribution in [0, 0.1) is 10.8 Å². The Morgan fingerprint density at radius 3 is 1.47 bits per heavy atom. The lowest BCUT2D eigenvalue weighted by atomic mass is 9.82. The van der Waals surface area contributed by atoms with Crippen LogP contribution in [0.3, 0.4) is 0 Å². The zero-order valence-corrected chi connectivity index (χ0v) is 11.6. The van der Waals surface area contributed by atoms with E-state index >= 15 is 0 Å². The third-order valence-electron chi connectivity index (χ3n) is 4.26. The Labute approximate surface area is 107 Å². The van der Waals surface area contributed by atoms with E-state index in [2.05, 4.69) is 10.6 Å². The molecule has 1 unspecified atom stereocenters. The molecule has 0 saturated carbocycles. The minimum Gasteiger partial charge on any atom is -0.315 e. The van der Waals surface area contributed by atoms with Crippen LogP contribution in [0.5, 0.6) is 0 Å². The van der Waals surface area contributed by atoms with Crippen molar-refractivity contribution in [1.82, 2.24) is 10.6 Å². The molecule has 0 aromatic heterocycles. The normalized spacial score (nSPS) is 36.6. The molecule has 98 valence electrons. The number of hydrogen-bond acceptors (Lipinski definition) is 4. The van der Waals surface area contributed by atoms with Gasteiger partial charge in [0.05, 0.1) is 0 Å². The van der Waals surface area contributed by atoms with Crippen LogP contribution >= 0.6 is 0 Å². The maximum Gasteiger partial charge on any atom is 0.0324 e. The van der Waals surface area contributed by atoms with E-state index in [0.29, 0.717) is 10.8 Å². The lowest BCUT2D eigenvalue weighted by Crippen LogP contribution is -2.65. The van der Waals surface area contributed by atoms with Gasteiger partial charge in [0.1, 0.15) is 0 Å². The van der Waals surface area contributed by atoms with Gasteiger partial charge in [0.15, 0.2) is 0 Å². The summed E-state index contributed by atoms with van der Waals surface area (Å²) in [4.78, 5) is 0. The van der Waals surface area contributed by atoms with Crippen molar-refractivity contribution in [2.24, 2.45) is 10.8 Å². The first-order chi connectivity index (χ1) is 8.12. The van der Waals surface area contributed by atoms with Gasteiger partial charge in [0, 0.05) is 81.6 Å². The quantitative estimate of drug-likeness (QED) is 0.600. The van der Waals surface area contributed by atoms with Crippen LogP contribution in [0.25, 0.3) is 0 Å². The molecule has 0 bridgehead atoms. The van der Waals surface area contributed by atoms with Crippen molar-refractivity contribution in [3.8, 4) is 0 Å². The zero-order valence-electron chi connectivity index (χ0n) is 10.00. The molecule has 4 heterocycles. The van der Waals surface area contributed by atoms with Crippen molar-refractivity contribution in [2.45, 2.75) is 6.42 Å². The average molecular weight is 276 g/mol. The third kappa shape index (κ3) is 2.37. The Morgan fingerprint density at radius 1 is 0.765 bits per heavy atom. The summed E-state index contributed by atoms with van der Waals surface area (Å²) in [5, 5.41) is 6.42. The monoisotopic (exact) mass is 276 g/mol. The highest BCUT2D eigenvalue weighted by Gasteiger charge is 2.47. The van der Waals surface area contributed by atoms with Crippen LogP contribution in [-0.2, 0) is 21.6 Å². The first-order valence-corrected chi connectivity index (χ1v) is 9.21. The second-order valence-corrected chi connectivity index (χ2v) is 9.01. The smallest absolute Gasteiger partial charge is 0.0324 e. The van der Waals surface area contributed by atoms with Crippen LogP contribution in [0.1, 0.15) is 6.42 Å². The van der Waals surface area contributed by atoms with Crippen LogP contribution in [0.15, 0.2) is 0 Å². The molecule has 17 heavy (non-hydrogen) atoms. The molecular weight excluding hydrogens is 256 g/mol. The van der Waals surface area contributed by atoms with Gasteiger partial charge in [-0.15, -0.1) is 0 Å². The first kappa shape index (κ1) is 12.3. The molecule has 0 aliphatic carbocycles. The summed E-state index contributed by atoms with van der Waals surface area (Å²) < 4.78 is 21.5. The molecule has 4 rings (SSSR count). The van der Waals surface area contributed by atoms with E-state index in [1.807, 2.05) is 0 Å². The summed E-state index contributed by atoms with van der Waals surface area (Å²) in [6, 6.07) is 0. The predicted octanol–water partition coefficient (Wildman–Crippen LogP) is -0.933. The van der Waals surface area contributed by atoms with E-state index in [1.165, 1.54) is 6.42 Å². The Bertz CT molecular complexity index is 354. The van der Waals surface area contributed by atoms with Crippen molar-refractivity contribution in [3.63, 3.8) is 0 Å². The number of rotatable bonds is 0. The van der Waals surface area contributed by atoms with Gasteiger partial charge in [-0.3, -0.25) is 8.42 Å². The molecule has 0 radical (unpaired) electrons. The van der Waals surface area contributed by atoms with Crippen molar-refractivity contribution >= 4 is 21.6 Å². The molecule has 2 spiro atoms. The minimum atomic E-state index is -0.481. The Morgan fingerprint density at radius 2 is 1.29 bits per heavy atom. The summed E-state index contributed by atoms with van der Waals surface area (Å²) in [7, 11) is -0.931. The van der Waals surface area contributed by atoms with E-state index in [1.54, 1.807) is 0 Å². The molecule has 0 aromatic carbocycles. The van der Waals surface area contributed by atoms with Crippen molar-refractivity contribution in [2.75, 3.05) is 49.2 Å². The summed E-state index contributed by atoms with van der Waals surface area (Å²) in [6.45, 7) is 4.44. The molecule has 4 aliphatic heterocycles. The minimum absolute atomic E-state index is 0.450. The second-order valence-electron chi connectivity index (χ2n) is 5.97. The predicted molar refractivity (Wildman–Crippen MR) is 71.0 cm³/mol. The van der Waals surface area contributed by atoms with E-state index in [-0.39, 0.29) is 0 Å². The molecule has 2 N–H and O–H groups in total. The summed E-state index contributed by atoms with van der Waals surface area (Å²) in [5.41, 5.74) is 0.982. The third-order valence-corrected chi connectivity index (χ3v) is 7.72. The van der Waals surface area contributed by atoms with Gasteiger partial charge in [-0.2, -0.15) is 0 Å². The highest BCUT2D eigenvalue weighted by Crippen LogP contribution is 2.34. The van der Waals surface area contributed by atoms with Gasteiger partial charge in [-0.25, -0.2) is 0 Å². The topological polar surface area (TPSA) is 58.2 Å². The Kier molecular flexibility index (Phi) is 3.17. The lowest BCUT2D eigenvalue weighted by Gasteiger charge is -2.48. The van der Waals surface area contributed by atoms with Crippen molar-refractivity contribution in [3.05, 3.63) is 0 Å².